The molecule has 2 aliphatic rings. The smallest absolute Gasteiger partial charge is 0.314 e. The number of carboxylic acid groups (broad SMARTS) is 1. The lowest BCUT2D eigenvalue weighted by Gasteiger charge is -2.41. The van der Waals surface area contributed by atoms with Gasteiger partial charge in [0.05, 0.1) is 5.41 Å². The third kappa shape index (κ3) is 2.14. The molecule has 1 saturated heterocycles. The fraction of sp³-hybridized carbons (Fsp3) is 0.588. The Bertz CT molecular complexity index is 499. The van der Waals surface area contributed by atoms with E-state index >= 15 is 0 Å². The van der Waals surface area contributed by atoms with Gasteiger partial charge in [0, 0.05) is 0 Å². The second kappa shape index (κ2) is 5.21. The Morgan fingerprint density at radius 3 is 2.45 bits per heavy atom. The van der Waals surface area contributed by atoms with Gasteiger partial charge in [-0.2, -0.15) is 0 Å². The number of aliphatic carboxylic acids is 1. The van der Waals surface area contributed by atoms with E-state index in [2.05, 4.69) is 30.1 Å². The zero-order valence-electron chi connectivity index (χ0n) is 12.1. The van der Waals surface area contributed by atoms with Crippen LogP contribution in [0.2, 0.25) is 0 Å². The van der Waals surface area contributed by atoms with E-state index in [1.54, 1.807) is 0 Å². The molecule has 1 N–H and O–H groups in total. The summed E-state index contributed by atoms with van der Waals surface area (Å²) in [6.45, 7) is 2.22. The first-order valence-corrected chi connectivity index (χ1v) is 7.65. The van der Waals surface area contributed by atoms with E-state index in [1.165, 1.54) is 5.56 Å². The summed E-state index contributed by atoms with van der Waals surface area (Å²) in [5.74, 6) is -0.108. The summed E-state index contributed by atoms with van der Waals surface area (Å²) < 4.78 is 0. The van der Waals surface area contributed by atoms with Crippen LogP contribution in [-0.2, 0) is 10.2 Å². The standard InChI is InChI=1S/C17H23NO2/c1-18-11-7-13(8-12-18)14-5-2-3-6-15(14)17(16(19)20)9-4-10-17/h2-3,5-6,13H,4,7-12H2,1H3,(H,19,20). The largest absolute Gasteiger partial charge is 0.481 e. The van der Waals surface area contributed by atoms with Crippen molar-refractivity contribution in [3.05, 3.63) is 35.4 Å². The number of piperidine rings is 1. The first-order valence-electron chi connectivity index (χ1n) is 7.65. The normalized spacial score (nSPS) is 23.2. The third-order valence-corrected chi connectivity index (χ3v) is 5.25. The summed E-state index contributed by atoms with van der Waals surface area (Å²) in [5, 5.41) is 9.69. The molecule has 0 atom stereocenters. The fourth-order valence-electron chi connectivity index (χ4n) is 3.74. The van der Waals surface area contributed by atoms with Gasteiger partial charge in [-0.1, -0.05) is 30.7 Å². The molecular formula is C17H23NO2. The summed E-state index contributed by atoms with van der Waals surface area (Å²) in [6.07, 6.45) is 4.92. The maximum absolute atomic E-state index is 11.8. The molecule has 1 aromatic rings. The van der Waals surface area contributed by atoms with Crippen LogP contribution in [0.5, 0.6) is 0 Å². The SMILES string of the molecule is CN1CCC(c2ccccc2C2(C(=O)O)CCC2)CC1. The average Bonchev–Trinajstić information content (AvgIpc) is 2.39. The number of carboxylic acids is 1. The van der Waals surface area contributed by atoms with E-state index in [0.29, 0.717) is 5.92 Å². The van der Waals surface area contributed by atoms with Crippen molar-refractivity contribution < 1.29 is 9.90 Å². The highest BCUT2D eigenvalue weighted by atomic mass is 16.4. The van der Waals surface area contributed by atoms with Gasteiger partial charge in [-0.25, -0.2) is 0 Å². The summed E-state index contributed by atoms with van der Waals surface area (Å²) in [6, 6.07) is 8.28. The summed E-state index contributed by atoms with van der Waals surface area (Å²) >= 11 is 0. The molecule has 0 unspecified atom stereocenters. The molecule has 1 aliphatic heterocycles. The fourth-order valence-corrected chi connectivity index (χ4v) is 3.74. The van der Waals surface area contributed by atoms with Crippen molar-refractivity contribution in [1.29, 1.82) is 0 Å². The summed E-state index contributed by atoms with van der Waals surface area (Å²) in [7, 11) is 2.16. The number of nitrogens with zero attached hydrogens (tertiary/aromatic N) is 1. The van der Waals surface area contributed by atoms with Gasteiger partial charge in [-0.3, -0.25) is 4.79 Å². The van der Waals surface area contributed by atoms with Crippen molar-refractivity contribution in [2.24, 2.45) is 0 Å². The highest BCUT2D eigenvalue weighted by Crippen LogP contribution is 2.47. The maximum Gasteiger partial charge on any atom is 0.314 e. The third-order valence-electron chi connectivity index (χ3n) is 5.25. The van der Waals surface area contributed by atoms with Gasteiger partial charge in [-0.15, -0.1) is 0 Å². The highest BCUT2D eigenvalue weighted by Gasteiger charge is 2.47. The molecular weight excluding hydrogens is 250 g/mol. The first-order chi connectivity index (χ1) is 9.63. The van der Waals surface area contributed by atoms with Gasteiger partial charge >= 0.3 is 5.97 Å². The molecule has 1 aromatic carbocycles. The number of rotatable bonds is 3. The van der Waals surface area contributed by atoms with Gasteiger partial charge in [0.1, 0.15) is 0 Å². The number of likely N-dealkylation sites (tertiary alicyclic amines) is 1. The summed E-state index contributed by atoms with van der Waals surface area (Å²) in [5.41, 5.74) is 1.79. The van der Waals surface area contributed by atoms with E-state index in [0.717, 1.165) is 50.8 Å². The van der Waals surface area contributed by atoms with Crippen LogP contribution in [0.25, 0.3) is 0 Å². The lowest BCUT2D eigenvalue weighted by molar-refractivity contribution is -0.147. The molecule has 0 aromatic heterocycles. The minimum Gasteiger partial charge on any atom is -0.481 e. The Morgan fingerprint density at radius 1 is 1.25 bits per heavy atom. The lowest BCUT2D eigenvalue weighted by Crippen LogP contribution is -2.43. The molecule has 20 heavy (non-hydrogen) atoms. The Hall–Kier alpha value is -1.35. The van der Waals surface area contributed by atoms with Crippen molar-refractivity contribution in [2.45, 2.75) is 43.4 Å². The molecule has 0 spiro atoms. The van der Waals surface area contributed by atoms with E-state index in [1.807, 2.05) is 6.07 Å². The Morgan fingerprint density at radius 2 is 1.90 bits per heavy atom. The average molecular weight is 273 g/mol. The van der Waals surface area contributed by atoms with Gasteiger partial charge in [0.25, 0.3) is 0 Å². The topological polar surface area (TPSA) is 40.5 Å². The number of hydrogen-bond acceptors (Lipinski definition) is 2. The van der Waals surface area contributed by atoms with E-state index in [9.17, 15) is 9.90 Å². The lowest BCUT2D eigenvalue weighted by atomic mass is 9.62. The predicted molar refractivity (Wildman–Crippen MR) is 79.1 cm³/mol. The molecule has 0 bridgehead atoms. The van der Waals surface area contributed by atoms with Crippen molar-refractivity contribution in [1.82, 2.24) is 4.90 Å². The van der Waals surface area contributed by atoms with Crippen molar-refractivity contribution >= 4 is 5.97 Å². The number of hydrogen-bond donors (Lipinski definition) is 1. The second-order valence-corrected chi connectivity index (χ2v) is 6.41. The van der Waals surface area contributed by atoms with Crippen LogP contribution >= 0.6 is 0 Å². The van der Waals surface area contributed by atoms with Crippen LogP contribution in [0, 0.1) is 0 Å². The molecule has 3 rings (SSSR count). The van der Waals surface area contributed by atoms with Crippen LogP contribution in [0.3, 0.4) is 0 Å². The molecule has 1 saturated carbocycles. The highest BCUT2D eigenvalue weighted by molar-refractivity contribution is 5.83. The quantitative estimate of drug-likeness (QED) is 0.920. The van der Waals surface area contributed by atoms with E-state index in [-0.39, 0.29) is 0 Å². The van der Waals surface area contributed by atoms with Crippen molar-refractivity contribution in [3.63, 3.8) is 0 Å². The minimum absolute atomic E-state index is 0.527. The van der Waals surface area contributed by atoms with Crippen LogP contribution in [0.1, 0.15) is 49.1 Å². The van der Waals surface area contributed by atoms with Gasteiger partial charge < -0.3 is 10.0 Å². The number of carbonyl (C=O) groups is 1. The molecule has 1 heterocycles. The molecule has 0 radical (unpaired) electrons. The Balaban J connectivity index is 1.94. The van der Waals surface area contributed by atoms with Gasteiger partial charge in [0.2, 0.25) is 0 Å². The predicted octanol–water partition coefficient (Wildman–Crippen LogP) is 3.00. The van der Waals surface area contributed by atoms with Gasteiger partial charge in [-0.05, 0) is 62.9 Å². The first kappa shape index (κ1) is 13.6. The maximum atomic E-state index is 11.8. The van der Waals surface area contributed by atoms with Crippen LogP contribution in [0.15, 0.2) is 24.3 Å². The zero-order chi connectivity index (χ0) is 14.2. The van der Waals surface area contributed by atoms with E-state index < -0.39 is 11.4 Å². The molecule has 3 heteroatoms. The Kier molecular flexibility index (Phi) is 3.55. The molecule has 1 aliphatic carbocycles. The number of benzene rings is 1. The summed E-state index contributed by atoms with van der Waals surface area (Å²) in [4.78, 5) is 14.1. The Labute approximate surface area is 120 Å². The molecule has 2 fully saturated rings. The van der Waals surface area contributed by atoms with Crippen LogP contribution in [-0.4, -0.2) is 36.1 Å². The van der Waals surface area contributed by atoms with Crippen molar-refractivity contribution in [2.75, 3.05) is 20.1 Å². The van der Waals surface area contributed by atoms with Gasteiger partial charge in [0.15, 0.2) is 0 Å². The molecule has 0 amide bonds. The van der Waals surface area contributed by atoms with Crippen LogP contribution < -0.4 is 0 Å². The zero-order valence-corrected chi connectivity index (χ0v) is 12.1. The van der Waals surface area contributed by atoms with Crippen molar-refractivity contribution in [3.8, 4) is 0 Å². The molecule has 108 valence electrons. The second-order valence-electron chi connectivity index (χ2n) is 6.41. The van der Waals surface area contributed by atoms with E-state index in [4.69, 9.17) is 0 Å². The van der Waals surface area contributed by atoms with Crippen LogP contribution in [0.4, 0.5) is 0 Å². The monoisotopic (exact) mass is 273 g/mol. The minimum atomic E-state index is -0.635. The molecule has 3 nitrogen and oxygen atoms in total.